The number of hydrogen-bond donors (Lipinski definition) is 1. The van der Waals surface area contributed by atoms with Gasteiger partial charge >= 0.3 is 0 Å². The zero-order valence-corrected chi connectivity index (χ0v) is 11.9. The average Bonchev–Trinajstić information content (AvgIpc) is 2.98. The van der Waals surface area contributed by atoms with Gasteiger partial charge in [0, 0.05) is 5.57 Å². The van der Waals surface area contributed by atoms with Crippen molar-refractivity contribution in [2.75, 3.05) is 0 Å². The SMILES string of the molecule is O/C=C1\C=CC=C1P(c1ccccc1)c1ccccc1. The molecule has 1 nitrogen and oxygen atoms in total. The van der Waals surface area contributed by atoms with Gasteiger partial charge in [-0.2, -0.15) is 0 Å². The number of aliphatic hydroxyl groups is 1. The Morgan fingerprint density at radius 1 is 0.800 bits per heavy atom. The monoisotopic (exact) mass is 278 g/mol. The summed E-state index contributed by atoms with van der Waals surface area (Å²) in [5, 5.41) is 13.2. The van der Waals surface area contributed by atoms with Gasteiger partial charge in [0.05, 0.1) is 6.26 Å². The smallest absolute Gasteiger partial charge is 0.0870 e. The highest BCUT2D eigenvalue weighted by atomic mass is 31.1. The highest BCUT2D eigenvalue weighted by molar-refractivity contribution is 7.77. The molecule has 1 aliphatic rings. The van der Waals surface area contributed by atoms with Crippen LogP contribution >= 0.6 is 7.92 Å². The first-order chi connectivity index (χ1) is 9.90. The molecule has 0 aromatic heterocycles. The van der Waals surface area contributed by atoms with Crippen molar-refractivity contribution in [2.24, 2.45) is 0 Å². The van der Waals surface area contributed by atoms with E-state index in [9.17, 15) is 5.11 Å². The van der Waals surface area contributed by atoms with Gasteiger partial charge in [-0.1, -0.05) is 78.9 Å². The lowest BCUT2D eigenvalue weighted by atomic mass is 10.3. The molecule has 98 valence electrons. The average molecular weight is 278 g/mol. The van der Waals surface area contributed by atoms with Crippen molar-refractivity contribution < 1.29 is 5.11 Å². The first-order valence-corrected chi connectivity index (χ1v) is 7.87. The summed E-state index contributed by atoms with van der Waals surface area (Å²) < 4.78 is 0. The molecular weight excluding hydrogens is 263 g/mol. The summed E-state index contributed by atoms with van der Waals surface area (Å²) in [6.07, 6.45) is 7.26. The van der Waals surface area contributed by atoms with Crippen LogP contribution in [0.3, 0.4) is 0 Å². The Bertz CT molecular complexity index is 630. The Morgan fingerprint density at radius 2 is 1.35 bits per heavy atom. The van der Waals surface area contributed by atoms with Gasteiger partial charge in [0.1, 0.15) is 0 Å². The van der Waals surface area contributed by atoms with Gasteiger partial charge in [0.25, 0.3) is 0 Å². The summed E-state index contributed by atoms with van der Waals surface area (Å²) in [6, 6.07) is 21.0. The van der Waals surface area contributed by atoms with E-state index in [4.69, 9.17) is 0 Å². The lowest BCUT2D eigenvalue weighted by molar-refractivity contribution is 0.470. The summed E-state index contributed by atoms with van der Waals surface area (Å²) in [4.78, 5) is 0. The molecule has 0 heterocycles. The molecule has 0 saturated carbocycles. The molecule has 20 heavy (non-hydrogen) atoms. The Labute approximate surface area is 120 Å². The second kappa shape index (κ2) is 5.90. The predicted molar refractivity (Wildman–Crippen MR) is 87.0 cm³/mol. The van der Waals surface area contributed by atoms with Crippen molar-refractivity contribution in [3.63, 3.8) is 0 Å². The molecule has 0 aliphatic heterocycles. The van der Waals surface area contributed by atoms with E-state index in [1.165, 1.54) is 22.2 Å². The molecule has 3 rings (SSSR count). The number of benzene rings is 2. The topological polar surface area (TPSA) is 20.2 Å². The van der Waals surface area contributed by atoms with Crippen LogP contribution in [0.1, 0.15) is 0 Å². The Kier molecular flexibility index (Phi) is 3.80. The molecule has 1 N–H and O–H groups in total. The highest BCUT2D eigenvalue weighted by Gasteiger charge is 2.22. The lowest BCUT2D eigenvalue weighted by Crippen LogP contribution is -2.13. The van der Waals surface area contributed by atoms with Gasteiger partial charge in [-0.3, -0.25) is 0 Å². The van der Waals surface area contributed by atoms with E-state index < -0.39 is 7.92 Å². The molecule has 0 bridgehead atoms. The lowest BCUT2D eigenvalue weighted by Gasteiger charge is -2.21. The van der Waals surface area contributed by atoms with Crippen LogP contribution in [-0.2, 0) is 0 Å². The molecule has 0 amide bonds. The maximum Gasteiger partial charge on any atom is 0.0870 e. The van der Waals surface area contributed by atoms with Crippen molar-refractivity contribution in [1.29, 1.82) is 0 Å². The van der Waals surface area contributed by atoms with Crippen LogP contribution in [-0.4, -0.2) is 5.11 Å². The van der Waals surface area contributed by atoms with Crippen molar-refractivity contribution in [2.45, 2.75) is 0 Å². The minimum Gasteiger partial charge on any atom is -0.515 e. The molecule has 0 fully saturated rings. The zero-order valence-electron chi connectivity index (χ0n) is 11.0. The minimum absolute atomic E-state index is 0.627. The summed E-state index contributed by atoms with van der Waals surface area (Å²) in [7, 11) is -0.627. The van der Waals surface area contributed by atoms with Gasteiger partial charge in [0.15, 0.2) is 0 Å². The largest absolute Gasteiger partial charge is 0.515 e. The summed E-state index contributed by atoms with van der Waals surface area (Å²) in [6.45, 7) is 0. The summed E-state index contributed by atoms with van der Waals surface area (Å²) >= 11 is 0. The Hall–Kier alpha value is -2.11. The number of aliphatic hydroxyl groups excluding tert-OH is 1. The van der Waals surface area contributed by atoms with E-state index in [-0.39, 0.29) is 0 Å². The molecule has 1 aliphatic carbocycles. The van der Waals surface area contributed by atoms with Crippen LogP contribution in [0.5, 0.6) is 0 Å². The van der Waals surface area contributed by atoms with Gasteiger partial charge in [-0.05, 0) is 23.8 Å². The van der Waals surface area contributed by atoms with Gasteiger partial charge in [-0.25, -0.2) is 0 Å². The quantitative estimate of drug-likeness (QED) is 0.664. The zero-order chi connectivity index (χ0) is 13.8. The van der Waals surface area contributed by atoms with Gasteiger partial charge < -0.3 is 5.11 Å². The van der Waals surface area contributed by atoms with E-state index in [0.29, 0.717) is 0 Å². The van der Waals surface area contributed by atoms with Gasteiger partial charge in [-0.15, -0.1) is 0 Å². The van der Waals surface area contributed by atoms with Crippen molar-refractivity contribution in [3.05, 3.63) is 96.0 Å². The summed E-state index contributed by atoms with van der Waals surface area (Å²) in [5.41, 5.74) is 0.906. The van der Waals surface area contributed by atoms with Crippen LogP contribution in [0.4, 0.5) is 0 Å². The van der Waals surface area contributed by atoms with Crippen molar-refractivity contribution in [1.82, 2.24) is 0 Å². The molecule has 0 unspecified atom stereocenters. The number of allylic oxidation sites excluding steroid dienone is 5. The van der Waals surface area contributed by atoms with E-state index in [1.54, 1.807) is 0 Å². The van der Waals surface area contributed by atoms with Crippen LogP contribution in [0.15, 0.2) is 96.0 Å². The molecule has 0 spiro atoms. The minimum atomic E-state index is -0.627. The van der Waals surface area contributed by atoms with Crippen LogP contribution in [0.25, 0.3) is 0 Å². The molecule has 0 saturated heterocycles. The second-order valence-electron chi connectivity index (χ2n) is 4.50. The fraction of sp³-hybridized carbons (Fsp3) is 0. The maximum atomic E-state index is 9.44. The second-order valence-corrected chi connectivity index (χ2v) is 6.69. The molecule has 0 atom stereocenters. The van der Waals surface area contributed by atoms with Crippen molar-refractivity contribution in [3.8, 4) is 0 Å². The van der Waals surface area contributed by atoms with Gasteiger partial charge in [0.2, 0.25) is 0 Å². The normalized spacial score (nSPS) is 15.8. The van der Waals surface area contributed by atoms with Crippen LogP contribution in [0, 0.1) is 0 Å². The first kappa shape index (κ1) is 12.9. The van der Waals surface area contributed by atoms with Crippen LogP contribution < -0.4 is 10.6 Å². The maximum absolute atomic E-state index is 9.44. The van der Waals surface area contributed by atoms with E-state index in [2.05, 4.69) is 54.6 Å². The number of rotatable bonds is 3. The summed E-state index contributed by atoms with van der Waals surface area (Å²) in [5.74, 6) is 0. The molecule has 2 aromatic rings. The Morgan fingerprint density at radius 3 is 1.85 bits per heavy atom. The third-order valence-electron chi connectivity index (χ3n) is 3.23. The third-order valence-corrected chi connectivity index (χ3v) is 5.75. The third kappa shape index (κ3) is 2.45. The van der Waals surface area contributed by atoms with Crippen LogP contribution in [0.2, 0.25) is 0 Å². The standard InChI is InChI=1S/C18H15OP/c19-14-15-8-7-13-18(15)20(16-9-3-1-4-10-16)17-11-5-2-6-12-17/h1-14,19H/b15-14+. The van der Waals surface area contributed by atoms with E-state index in [1.807, 2.05) is 24.3 Å². The van der Waals surface area contributed by atoms with E-state index >= 15 is 0 Å². The number of hydrogen-bond acceptors (Lipinski definition) is 1. The Balaban J connectivity index is 2.11. The molecule has 2 aromatic carbocycles. The van der Waals surface area contributed by atoms with Crippen molar-refractivity contribution >= 4 is 18.5 Å². The molecular formula is C18H15OP. The predicted octanol–water partition coefficient (Wildman–Crippen LogP) is 4.01. The first-order valence-electron chi connectivity index (χ1n) is 6.53. The fourth-order valence-electron chi connectivity index (χ4n) is 2.32. The van der Waals surface area contributed by atoms with E-state index in [0.717, 1.165) is 5.57 Å². The molecule has 0 radical (unpaired) electrons. The fourth-order valence-corrected chi connectivity index (χ4v) is 4.74. The highest BCUT2D eigenvalue weighted by Crippen LogP contribution is 2.48. The molecule has 2 heteroatoms.